The third-order valence-corrected chi connectivity index (χ3v) is 5.97. The van der Waals surface area contributed by atoms with Crippen molar-refractivity contribution in [3.05, 3.63) is 109 Å². The molecule has 0 N–H and O–H groups in total. The molecule has 2 amide bonds. The highest BCUT2D eigenvalue weighted by Crippen LogP contribution is 2.32. The van der Waals surface area contributed by atoms with Crippen LogP contribution in [-0.4, -0.2) is 39.9 Å². The van der Waals surface area contributed by atoms with Crippen LogP contribution in [0.5, 0.6) is 0 Å². The summed E-state index contributed by atoms with van der Waals surface area (Å²) in [6.07, 6.45) is -1.47. The fraction of sp³-hybridized carbons (Fsp3) is 0.0833. The number of hydrogen-bond acceptors (Lipinski definition) is 7. The number of nitro benzene ring substituents is 1. The first-order valence-corrected chi connectivity index (χ1v) is 10.8. The molecule has 0 radical (unpaired) electrons. The Labute approximate surface area is 208 Å². The third kappa shape index (κ3) is 4.77. The predicted molar refractivity (Wildman–Crippen MR) is 125 cm³/mol. The molecule has 4 rings (SSSR count). The second-order valence-electron chi connectivity index (χ2n) is 7.46. The molecule has 9 nitrogen and oxygen atoms in total. The number of halogens is 2. The van der Waals surface area contributed by atoms with Crippen molar-refractivity contribution in [1.82, 2.24) is 4.90 Å². The number of esters is 1. The zero-order valence-corrected chi connectivity index (χ0v) is 19.2. The van der Waals surface area contributed by atoms with Crippen LogP contribution in [0.1, 0.15) is 42.7 Å². The lowest BCUT2D eigenvalue weighted by atomic mass is 9.99. The van der Waals surface area contributed by atoms with Gasteiger partial charge in [0.15, 0.2) is 6.10 Å². The van der Waals surface area contributed by atoms with E-state index in [1.165, 1.54) is 48.5 Å². The molecule has 1 aliphatic rings. The Hall–Kier alpha value is -4.08. The number of ether oxygens (including phenoxy) is 1. The molecule has 176 valence electrons. The van der Waals surface area contributed by atoms with E-state index in [4.69, 9.17) is 27.9 Å². The molecule has 1 heterocycles. The molecule has 35 heavy (non-hydrogen) atoms. The molecule has 11 heteroatoms. The van der Waals surface area contributed by atoms with Crippen LogP contribution in [0.4, 0.5) is 5.69 Å². The average Bonchev–Trinajstić information content (AvgIpc) is 3.07. The number of imide groups is 1. The summed E-state index contributed by atoms with van der Waals surface area (Å²) in [6, 6.07) is 15.4. The molecule has 0 saturated heterocycles. The van der Waals surface area contributed by atoms with E-state index in [-0.39, 0.29) is 38.0 Å². The molecule has 3 aromatic carbocycles. The lowest BCUT2D eigenvalue weighted by Gasteiger charge is -2.19. The molecule has 1 atom stereocenters. The number of benzene rings is 3. The van der Waals surface area contributed by atoms with Crippen LogP contribution in [0.15, 0.2) is 66.7 Å². The first-order valence-electron chi connectivity index (χ1n) is 10.1. The fourth-order valence-electron chi connectivity index (χ4n) is 3.52. The van der Waals surface area contributed by atoms with Gasteiger partial charge in [-0.1, -0.05) is 53.5 Å². The van der Waals surface area contributed by atoms with Crippen molar-refractivity contribution >= 4 is 52.5 Å². The number of fused-ring (bicyclic) bond motifs is 1. The maximum absolute atomic E-state index is 13.1. The van der Waals surface area contributed by atoms with Crippen molar-refractivity contribution in [2.75, 3.05) is 6.54 Å². The third-order valence-electron chi connectivity index (χ3n) is 5.25. The summed E-state index contributed by atoms with van der Waals surface area (Å²) < 4.78 is 5.40. The maximum Gasteiger partial charge on any atom is 0.327 e. The summed E-state index contributed by atoms with van der Waals surface area (Å²) in [5, 5.41) is 11.1. The molecule has 0 saturated carbocycles. The van der Waals surface area contributed by atoms with Crippen molar-refractivity contribution in [2.45, 2.75) is 6.10 Å². The van der Waals surface area contributed by atoms with Gasteiger partial charge in [-0.3, -0.25) is 34.2 Å². The van der Waals surface area contributed by atoms with Gasteiger partial charge in [-0.15, -0.1) is 0 Å². The first kappa shape index (κ1) is 24.1. The van der Waals surface area contributed by atoms with Crippen molar-refractivity contribution in [3.8, 4) is 0 Å². The number of Topliss-reactive ketones (excluding diaryl/α,β-unsaturated/α-hetero) is 1. The molecule has 0 spiro atoms. The summed E-state index contributed by atoms with van der Waals surface area (Å²) in [4.78, 5) is 62.3. The highest BCUT2D eigenvalue weighted by atomic mass is 35.5. The Morgan fingerprint density at radius 1 is 0.914 bits per heavy atom. The van der Waals surface area contributed by atoms with Crippen molar-refractivity contribution in [3.63, 3.8) is 0 Å². The van der Waals surface area contributed by atoms with Gasteiger partial charge in [0.2, 0.25) is 5.78 Å². The Morgan fingerprint density at radius 2 is 1.46 bits per heavy atom. The zero-order valence-electron chi connectivity index (χ0n) is 17.6. The summed E-state index contributed by atoms with van der Waals surface area (Å²) >= 11 is 11.9. The normalized spacial score (nSPS) is 13.4. The molecule has 0 fully saturated rings. The molecule has 0 aliphatic carbocycles. The Morgan fingerprint density at radius 3 is 1.97 bits per heavy atom. The molecule has 0 unspecified atom stereocenters. The maximum atomic E-state index is 13.1. The van der Waals surface area contributed by atoms with E-state index < -0.39 is 41.1 Å². The minimum atomic E-state index is -1.47. The average molecular weight is 513 g/mol. The number of nitro groups is 1. The second kappa shape index (κ2) is 9.65. The van der Waals surface area contributed by atoms with Gasteiger partial charge in [0, 0.05) is 23.3 Å². The number of carbonyl (C=O) groups excluding carboxylic acids is 4. The minimum Gasteiger partial charge on any atom is -0.448 e. The van der Waals surface area contributed by atoms with E-state index in [0.717, 1.165) is 0 Å². The number of carbonyl (C=O) groups is 4. The summed E-state index contributed by atoms with van der Waals surface area (Å²) in [7, 11) is 0. The molecular formula is C24H14Cl2N2O7. The van der Waals surface area contributed by atoms with Crippen molar-refractivity contribution < 1.29 is 28.8 Å². The number of hydrogen-bond donors (Lipinski definition) is 0. The largest absolute Gasteiger partial charge is 0.448 e. The number of non-ortho nitro benzene ring substituents is 1. The standard InChI is InChI=1S/C24H14Cl2N2O7/c25-18-10-16-17(11-19(18)26)24(32)27(23(16)31)12-20(29)35-22(21(30)13-4-2-1-3-5-13)14-6-8-15(9-7-14)28(33)34/h1-11,22H,12H2/t22-/m1/s1. The SMILES string of the molecule is O=C(CN1C(=O)c2cc(Cl)c(Cl)cc2C1=O)O[C@@H](C(=O)c1ccccc1)c1ccc([N+](=O)[O-])cc1. The van der Waals surface area contributed by atoms with Gasteiger partial charge in [-0.25, -0.2) is 0 Å². The number of amides is 2. The van der Waals surface area contributed by atoms with Crippen LogP contribution in [0, 0.1) is 10.1 Å². The predicted octanol–water partition coefficient (Wildman–Crippen LogP) is 4.67. The van der Waals surface area contributed by atoms with Gasteiger partial charge in [0.1, 0.15) is 6.54 Å². The molecule has 1 aliphatic heterocycles. The van der Waals surface area contributed by atoms with Crippen molar-refractivity contribution in [1.29, 1.82) is 0 Å². The van der Waals surface area contributed by atoms with Gasteiger partial charge in [0.25, 0.3) is 17.5 Å². The lowest BCUT2D eigenvalue weighted by Crippen LogP contribution is -2.36. The number of nitrogens with zero attached hydrogens (tertiary/aromatic N) is 2. The van der Waals surface area contributed by atoms with Gasteiger partial charge >= 0.3 is 5.97 Å². The van der Waals surface area contributed by atoms with E-state index >= 15 is 0 Å². The molecule has 0 aromatic heterocycles. The topological polar surface area (TPSA) is 124 Å². The molecular weight excluding hydrogens is 499 g/mol. The van der Waals surface area contributed by atoms with E-state index in [2.05, 4.69) is 0 Å². The summed E-state index contributed by atoms with van der Waals surface area (Å²) in [5.74, 6) is -3.15. The fourth-order valence-corrected chi connectivity index (χ4v) is 3.85. The molecule has 0 bridgehead atoms. The van der Waals surface area contributed by atoms with Crippen LogP contribution >= 0.6 is 23.2 Å². The minimum absolute atomic E-state index is 0.00974. The van der Waals surface area contributed by atoms with Gasteiger partial charge in [-0.05, 0) is 24.3 Å². The lowest BCUT2D eigenvalue weighted by molar-refractivity contribution is -0.384. The second-order valence-corrected chi connectivity index (χ2v) is 8.27. The summed E-state index contributed by atoms with van der Waals surface area (Å²) in [5.41, 5.74) is 0.177. The quantitative estimate of drug-likeness (QED) is 0.148. The highest BCUT2D eigenvalue weighted by Gasteiger charge is 2.38. The Bertz CT molecular complexity index is 1330. The first-order chi connectivity index (χ1) is 16.7. The zero-order chi connectivity index (χ0) is 25.3. The van der Waals surface area contributed by atoms with Gasteiger partial charge in [0.05, 0.1) is 26.1 Å². The van der Waals surface area contributed by atoms with Crippen LogP contribution < -0.4 is 0 Å². The van der Waals surface area contributed by atoms with Crippen LogP contribution in [0.2, 0.25) is 10.0 Å². The van der Waals surface area contributed by atoms with E-state index in [0.29, 0.717) is 4.90 Å². The Balaban J connectivity index is 1.59. The highest BCUT2D eigenvalue weighted by molar-refractivity contribution is 6.43. The summed E-state index contributed by atoms with van der Waals surface area (Å²) in [6.45, 7) is -0.771. The number of rotatable bonds is 7. The number of ketones is 1. The van der Waals surface area contributed by atoms with Crippen LogP contribution in [0.3, 0.4) is 0 Å². The smallest absolute Gasteiger partial charge is 0.327 e. The van der Waals surface area contributed by atoms with E-state index in [1.807, 2.05) is 0 Å². The van der Waals surface area contributed by atoms with E-state index in [1.54, 1.807) is 18.2 Å². The Kier molecular flexibility index (Phi) is 6.63. The van der Waals surface area contributed by atoms with Gasteiger partial charge < -0.3 is 4.74 Å². The monoisotopic (exact) mass is 512 g/mol. The molecule has 3 aromatic rings. The van der Waals surface area contributed by atoms with E-state index in [9.17, 15) is 29.3 Å². The van der Waals surface area contributed by atoms with Gasteiger partial charge in [-0.2, -0.15) is 0 Å². The van der Waals surface area contributed by atoms with Crippen molar-refractivity contribution in [2.24, 2.45) is 0 Å². The van der Waals surface area contributed by atoms with Crippen LogP contribution in [-0.2, 0) is 9.53 Å². The van der Waals surface area contributed by atoms with Crippen LogP contribution in [0.25, 0.3) is 0 Å².